The van der Waals surface area contributed by atoms with Gasteiger partial charge in [0.25, 0.3) is 0 Å². The van der Waals surface area contributed by atoms with E-state index in [0.29, 0.717) is 5.82 Å². The zero-order valence-electron chi connectivity index (χ0n) is 21.6. The van der Waals surface area contributed by atoms with Crippen LogP contribution in [0, 0.1) is 5.92 Å². The van der Waals surface area contributed by atoms with Gasteiger partial charge in [-0.1, -0.05) is 49.4 Å². The van der Waals surface area contributed by atoms with Crippen molar-refractivity contribution in [1.29, 1.82) is 0 Å². The highest BCUT2D eigenvalue weighted by Gasteiger charge is 2.17. The fraction of sp³-hybridized carbons (Fsp3) is 0.367. The Hall–Kier alpha value is -3.71. The van der Waals surface area contributed by atoms with Gasteiger partial charge in [0.05, 0.1) is 12.1 Å². The molecule has 0 aliphatic carbocycles. The molecule has 0 bridgehead atoms. The highest BCUT2D eigenvalue weighted by Crippen LogP contribution is 2.32. The molecular formula is C30H35N7. The number of likely N-dealkylation sites (tertiary alicyclic amines) is 1. The molecule has 190 valence electrons. The number of aryl methyl sites for hydroxylation is 1. The number of aromatic nitrogens is 5. The molecule has 1 aliphatic heterocycles. The van der Waals surface area contributed by atoms with Gasteiger partial charge in [-0.2, -0.15) is 10.2 Å². The quantitative estimate of drug-likeness (QED) is 0.292. The summed E-state index contributed by atoms with van der Waals surface area (Å²) in [6.45, 7) is 6.79. The molecular weight excluding hydrogens is 458 g/mol. The van der Waals surface area contributed by atoms with E-state index in [1.54, 1.807) is 6.33 Å². The Morgan fingerprint density at radius 1 is 1.00 bits per heavy atom. The molecule has 0 amide bonds. The summed E-state index contributed by atoms with van der Waals surface area (Å²) in [7, 11) is 0. The molecule has 2 aromatic carbocycles. The molecule has 3 aromatic heterocycles. The van der Waals surface area contributed by atoms with Crippen LogP contribution in [0.25, 0.3) is 27.5 Å². The number of unbranched alkanes of at least 4 members (excludes halogenated alkanes) is 1. The summed E-state index contributed by atoms with van der Waals surface area (Å²) in [4.78, 5) is 6.92. The van der Waals surface area contributed by atoms with E-state index in [2.05, 4.69) is 76.6 Å². The Morgan fingerprint density at radius 2 is 1.84 bits per heavy atom. The summed E-state index contributed by atoms with van der Waals surface area (Å²) in [6.07, 6.45) is 9.62. The third-order valence-electron chi connectivity index (χ3n) is 7.74. The first-order chi connectivity index (χ1) is 18.1. The molecule has 7 heteroatoms. The maximum atomic E-state index is 6.38. The lowest BCUT2D eigenvalue weighted by molar-refractivity contribution is 0.189. The molecule has 7 nitrogen and oxygen atoms in total. The Morgan fingerprint density at radius 3 is 2.68 bits per heavy atom. The first kappa shape index (κ1) is 23.7. The van der Waals surface area contributed by atoms with Gasteiger partial charge < -0.3 is 10.6 Å². The van der Waals surface area contributed by atoms with Crippen molar-refractivity contribution < 1.29 is 0 Å². The van der Waals surface area contributed by atoms with Gasteiger partial charge >= 0.3 is 0 Å². The van der Waals surface area contributed by atoms with Gasteiger partial charge in [-0.25, -0.2) is 9.50 Å². The molecule has 0 unspecified atom stereocenters. The lowest BCUT2D eigenvalue weighted by Gasteiger charge is -2.30. The molecule has 37 heavy (non-hydrogen) atoms. The van der Waals surface area contributed by atoms with Gasteiger partial charge in [0.15, 0.2) is 5.82 Å². The Labute approximate surface area is 217 Å². The third-order valence-corrected chi connectivity index (χ3v) is 7.74. The third kappa shape index (κ3) is 5.09. The molecule has 6 rings (SSSR count). The van der Waals surface area contributed by atoms with Gasteiger partial charge in [0.2, 0.25) is 0 Å². The summed E-state index contributed by atoms with van der Waals surface area (Å²) >= 11 is 0. The first-order valence-corrected chi connectivity index (χ1v) is 13.5. The largest absolute Gasteiger partial charge is 0.382 e. The molecule has 0 atom stereocenters. The van der Waals surface area contributed by atoms with Crippen LogP contribution in [0.2, 0.25) is 0 Å². The van der Waals surface area contributed by atoms with Gasteiger partial charge in [-0.15, -0.1) is 0 Å². The number of hydrogen-bond acceptors (Lipinski definition) is 5. The predicted molar refractivity (Wildman–Crippen MR) is 149 cm³/mol. The maximum Gasteiger partial charge on any atom is 0.151 e. The average molecular weight is 494 g/mol. The number of hydrogen-bond donors (Lipinski definition) is 1. The number of nitrogens with two attached hydrogens (primary N) is 1. The number of fused-ring (bicyclic) bond motifs is 2. The zero-order chi connectivity index (χ0) is 25.2. The topological polar surface area (TPSA) is 77.3 Å². The van der Waals surface area contributed by atoms with Crippen LogP contribution in [-0.4, -0.2) is 48.9 Å². The summed E-state index contributed by atoms with van der Waals surface area (Å²) < 4.78 is 3.99. The van der Waals surface area contributed by atoms with Crippen molar-refractivity contribution >= 4 is 22.2 Å². The van der Waals surface area contributed by atoms with Crippen molar-refractivity contribution in [1.82, 2.24) is 29.3 Å². The molecule has 1 fully saturated rings. The number of anilines is 1. The normalized spacial score (nSPS) is 15.2. The van der Waals surface area contributed by atoms with Gasteiger partial charge in [0, 0.05) is 22.8 Å². The number of benzene rings is 2. The van der Waals surface area contributed by atoms with Crippen LogP contribution in [0.15, 0.2) is 67.1 Å². The van der Waals surface area contributed by atoms with E-state index >= 15 is 0 Å². The van der Waals surface area contributed by atoms with Crippen molar-refractivity contribution in [3.05, 3.63) is 78.4 Å². The summed E-state index contributed by atoms with van der Waals surface area (Å²) in [5, 5.41) is 10.6. The molecule has 1 saturated heterocycles. The van der Waals surface area contributed by atoms with Crippen LogP contribution in [0.1, 0.15) is 43.9 Å². The minimum Gasteiger partial charge on any atom is -0.382 e. The van der Waals surface area contributed by atoms with Crippen molar-refractivity contribution in [3.8, 4) is 11.1 Å². The minimum atomic E-state index is 0.508. The van der Waals surface area contributed by atoms with E-state index in [1.165, 1.54) is 50.2 Å². The van der Waals surface area contributed by atoms with E-state index in [-0.39, 0.29) is 0 Å². The second-order valence-corrected chi connectivity index (χ2v) is 10.5. The second-order valence-electron chi connectivity index (χ2n) is 10.5. The Bertz CT molecular complexity index is 1490. The molecule has 5 aromatic rings. The Balaban J connectivity index is 1.22. The number of piperidine rings is 1. The van der Waals surface area contributed by atoms with Gasteiger partial charge in [-0.3, -0.25) is 4.68 Å². The average Bonchev–Trinajstić information content (AvgIpc) is 3.49. The predicted octanol–water partition coefficient (Wildman–Crippen LogP) is 5.43. The summed E-state index contributed by atoms with van der Waals surface area (Å²) in [5.41, 5.74) is 12.8. The molecule has 4 heterocycles. The standard InChI is InChI=1S/C30H35N7/c1-22-12-15-35(16-13-22)14-6-5-9-26-18-27(29-30(31)32-21-33-37(26)29)24-10-11-25-20-36(34-28(25)17-24)19-23-7-3-2-4-8-23/h2-4,7-8,10-11,17-18,20-22H,5-6,9,12-16,19H2,1H3,(H2,31,32,33). The summed E-state index contributed by atoms with van der Waals surface area (Å²) in [5.74, 6) is 1.39. The smallest absolute Gasteiger partial charge is 0.151 e. The van der Waals surface area contributed by atoms with E-state index in [0.717, 1.165) is 52.9 Å². The van der Waals surface area contributed by atoms with E-state index in [9.17, 15) is 0 Å². The van der Waals surface area contributed by atoms with Crippen molar-refractivity contribution in [2.75, 3.05) is 25.4 Å². The minimum absolute atomic E-state index is 0.508. The second kappa shape index (κ2) is 10.3. The van der Waals surface area contributed by atoms with E-state index in [1.807, 2.05) is 15.3 Å². The van der Waals surface area contributed by atoms with Crippen molar-refractivity contribution in [2.45, 2.75) is 45.6 Å². The SMILES string of the molecule is CC1CCN(CCCCc2cc(-c3ccc4cn(Cc5ccccc5)nc4c3)c3c(N)ncnn23)CC1. The molecule has 0 saturated carbocycles. The van der Waals surface area contributed by atoms with Crippen LogP contribution in [-0.2, 0) is 13.0 Å². The number of rotatable bonds is 8. The van der Waals surface area contributed by atoms with Crippen LogP contribution in [0.3, 0.4) is 0 Å². The summed E-state index contributed by atoms with van der Waals surface area (Å²) in [6, 6.07) is 19.1. The highest BCUT2D eigenvalue weighted by atomic mass is 15.3. The number of nitrogens with zero attached hydrogens (tertiary/aromatic N) is 6. The van der Waals surface area contributed by atoms with Crippen LogP contribution < -0.4 is 5.73 Å². The van der Waals surface area contributed by atoms with Crippen LogP contribution in [0.5, 0.6) is 0 Å². The number of nitrogen functional groups attached to an aromatic ring is 1. The highest BCUT2D eigenvalue weighted by molar-refractivity contribution is 5.92. The van der Waals surface area contributed by atoms with E-state index < -0.39 is 0 Å². The van der Waals surface area contributed by atoms with Crippen LogP contribution in [0.4, 0.5) is 5.82 Å². The molecule has 0 spiro atoms. The van der Waals surface area contributed by atoms with Crippen molar-refractivity contribution in [2.24, 2.45) is 5.92 Å². The lowest BCUT2D eigenvalue weighted by atomic mass is 9.99. The van der Waals surface area contributed by atoms with Crippen LogP contribution >= 0.6 is 0 Å². The first-order valence-electron chi connectivity index (χ1n) is 13.5. The molecule has 1 aliphatic rings. The fourth-order valence-electron chi connectivity index (χ4n) is 5.54. The fourth-order valence-corrected chi connectivity index (χ4v) is 5.54. The Kier molecular flexibility index (Phi) is 6.62. The van der Waals surface area contributed by atoms with Gasteiger partial charge in [-0.05, 0) is 80.9 Å². The zero-order valence-corrected chi connectivity index (χ0v) is 21.6. The maximum absolute atomic E-state index is 6.38. The lowest BCUT2D eigenvalue weighted by Crippen LogP contribution is -2.33. The van der Waals surface area contributed by atoms with Crippen molar-refractivity contribution in [3.63, 3.8) is 0 Å². The van der Waals surface area contributed by atoms with E-state index in [4.69, 9.17) is 10.8 Å². The monoisotopic (exact) mass is 493 g/mol. The molecule has 0 radical (unpaired) electrons. The van der Waals surface area contributed by atoms with Gasteiger partial charge in [0.1, 0.15) is 11.8 Å². The molecule has 2 N–H and O–H groups in total.